The highest BCUT2D eigenvalue weighted by Crippen LogP contribution is 2.34. The average Bonchev–Trinajstić information content (AvgIpc) is 3.51. The Morgan fingerprint density at radius 3 is 2.67 bits per heavy atom. The molecule has 5 heterocycles. The van der Waals surface area contributed by atoms with Crippen LogP contribution in [0.3, 0.4) is 0 Å². The first-order valence-electron chi connectivity index (χ1n) is 9.68. The number of fused-ring (bicyclic) bond motifs is 2. The Balaban J connectivity index is 1.53. The summed E-state index contributed by atoms with van der Waals surface area (Å²) >= 11 is 0. The second-order valence-electron chi connectivity index (χ2n) is 7.34. The van der Waals surface area contributed by atoms with Crippen molar-refractivity contribution < 1.29 is 4.42 Å². The Labute approximate surface area is 171 Å². The normalized spacial score (nSPS) is 11.5. The van der Waals surface area contributed by atoms with E-state index in [0.717, 1.165) is 55.6 Å². The molecule has 5 aromatic heterocycles. The number of H-pyrrole nitrogens is 2. The molecule has 30 heavy (non-hydrogen) atoms. The van der Waals surface area contributed by atoms with Gasteiger partial charge in [-0.05, 0) is 54.4 Å². The Morgan fingerprint density at radius 1 is 0.867 bits per heavy atom. The molecule has 0 spiro atoms. The van der Waals surface area contributed by atoms with E-state index in [-0.39, 0.29) is 0 Å². The van der Waals surface area contributed by atoms with Crippen LogP contribution in [0.2, 0.25) is 0 Å². The molecular weight excluding hydrogens is 374 g/mol. The number of rotatable bonds is 3. The van der Waals surface area contributed by atoms with E-state index in [0.29, 0.717) is 0 Å². The van der Waals surface area contributed by atoms with Gasteiger partial charge in [-0.25, -0.2) is 0 Å². The lowest BCUT2D eigenvalue weighted by Gasteiger charge is -2.05. The summed E-state index contributed by atoms with van der Waals surface area (Å²) in [5, 5.41) is 9.84. The first-order chi connectivity index (χ1) is 14.8. The molecule has 0 fully saturated rings. The van der Waals surface area contributed by atoms with E-state index in [2.05, 4.69) is 56.3 Å². The van der Waals surface area contributed by atoms with E-state index in [9.17, 15) is 0 Å². The van der Waals surface area contributed by atoms with Crippen molar-refractivity contribution in [3.05, 3.63) is 79.1 Å². The van der Waals surface area contributed by atoms with Gasteiger partial charge >= 0.3 is 0 Å². The van der Waals surface area contributed by atoms with Crippen LogP contribution in [-0.4, -0.2) is 25.1 Å². The van der Waals surface area contributed by atoms with Crippen LogP contribution >= 0.6 is 0 Å². The van der Waals surface area contributed by atoms with Gasteiger partial charge in [0, 0.05) is 46.0 Å². The summed E-state index contributed by atoms with van der Waals surface area (Å²) in [5.74, 6) is 0. The summed E-state index contributed by atoms with van der Waals surface area (Å²) in [4.78, 5) is 12.3. The first-order valence-corrected chi connectivity index (χ1v) is 9.68. The Kier molecular flexibility index (Phi) is 3.58. The Morgan fingerprint density at radius 2 is 1.80 bits per heavy atom. The van der Waals surface area contributed by atoms with Gasteiger partial charge in [-0.3, -0.25) is 15.1 Å². The van der Waals surface area contributed by atoms with E-state index in [1.165, 1.54) is 5.56 Å². The van der Waals surface area contributed by atoms with Crippen LogP contribution in [0.5, 0.6) is 0 Å². The van der Waals surface area contributed by atoms with Crippen molar-refractivity contribution in [2.45, 2.75) is 6.92 Å². The SMILES string of the molecule is Cc1ccncc1-c1ccc2[nH]nc(-c3cc4c(-c5ccoc5)nccc4[nH]3)c2c1. The molecule has 6 heteroatoms. The molecule has 0 bridgehead atoms. The van der Waals surface area contributed by atoms with E-state index < -0.39 is 0 Å². The average molecular weight is 391 g/mol. The van der Waals surface area contributed by atoms with E-state index in [4.69, 9.17) is 4.42 Å². The maximum absolute atomic E-state index is 5.25. The van der Waals surface area contributed by atoms with Crippen molar-refractivity contribution in [2.24, 2.45) is 0 Å². The fourth-order valence-electron chi connectivity index (χ4n) is 3.96. The standard InChI is InChI=1S/C24H17N5O/c1-14-4-7-25-12-19(14)15-2-3-21-17(10-15)24(29-28-21)22-11-18-20(27-22)5-8-26-23(18)16-6-9-30-13-16/h2-13,27H,1H3,(H,28,29). The minimum absolute atomic E-state index is 0.878. The molecule has 0 atom stereocenters. The number of hydrogen-bond acceptors (Lipinski definition) is 4. The molecule has 0 radical (unpaired) electrons. The smallest absolute Gasteiger partial charge is 0.116 e. The molecule has 0 aliphatic carbocycles. The lowest BCUT2D eigenvalue weighted by Crippen LogP contribution is -1.85. The van der Waals surface area contributed by atoms with Crippen molar-refractivity contribution in [3.8, 4) is 33.8 Å². The molecule has 0 aliphatic heterocycles. The summed E-state index contributed by atoms with van der Waals surface area (Å²) in [7, 11) is 0. The summed E-state index contributed by atoms with van der Waals surface area (Å²) in [5.41, 5.74) is 9.08. The summed E-state index contributed by atoms with van der Waals surface area (Å²) in [6, 6.07) is 14.3. The zero-order valence-electron chi connectivity index (χ0n) is 16.2. The second kappa shape index (κ2) is 6.42. The van der Waals surface area contributed by atoms with Gasteiger partial charge in [0.25, 0.3) is 0 Å². The molecule has 6 nitrogen and oxygen atoms in total. The minimum atomic E-state index is 0.878. The third-order valence-electron chi connectivity index (χ3n) is 5.51. The predicted octanol–water partition coefficient (Wildman–Crippen LogP) is 5.74. The van der Waals surface area contributed by atoms with Crippen LogP contribution in [0.25, 0.3) is 55.6 Å². The van der Waals surface area contributed by atoms with Gasteiger partial charge in [0.2, 0.25) is 0 Å². The number of hydrogen-bond donors (Lipinski definition) is 2. The second-order valence-corrected chi connectivity index (χ2v) is 7.34. The molecule has 6 aromatic rings. The number of aryl methyl sites for hydroxylation is 1. The van der Waals surface area contributed by atoms with Crippen molar-refractivity contribution in [1.29, 1.82) is 0 Å². The summed E-state index contributed by atoms with van der Waals surface area (Å²) in [6.07, 6.45) is 8.89. The molecule has 0 saturated heterocycles. The van der Waals surface area contributed by atoms with E-state index in [1.54, 1.807) is 18.7 Å². The summed E-state index contributed by atoms with van der Waals surface area (Å²) < 4.78 is 5.25. The van der Waals surface area contributed by atoms with E-state index in [1.807, 2.05) is 30.6 Å². The van der Waals surface area contributed by atoms with Crippen molar-refractivity contribution in [1.82, 2.24) is 25.1 Å². The van der Waals surface area contributed by atoms with Crippen LogP contribution in [0.1, 0.15) is 5.56 Å². The van der Waals surface area contributed by atoms with Gasteiger partial charge in [0.15, 0.2) is 0 Å². The van der Waals surface area contributed by atoms with Crippen molar-refractivity contribution in [3.63, 3.8) is 0 Å². The molecule has 0 aliphatic rings. The number of benzene rings is 1. The fraction of sp³-hybridized carbons (Fsp3) is 0.0417. The maximum atomic E-state index is 5.25. The third-order valence-corrected chi connectivity index (χ3v) is 5.51. The van der Waals surface area contributed by atoms with Crippen LogP contribution in [-0.2, 0) is 0 Å². The number of aromatic amines is 2. The Hall–Kier alpha value is -4.19. The molecule has 1 aromatic carbocycles. The Bertz CT molecular complexity index is 1510. The highest BCUT2D eigenvalue weighted by Gasteiger charge is 2.15. The largest absolute Gasteiger partial charge is 0.472 e. The van der Waals surface area contributed by atoms with Gasteiger partial charge in [0.1, 0.15) is 5.69 Å². The predicted molar refractivity (Wildman–Crippen MR) is 117 cm³/mol. The third kappa shape index (κ3) is 2.54. The number of nitrogens with one attached hydrogen (secondary N) is 2. The number of pyridine rings is 2. The lowest BCUT2D eigenvalue weighted by molar-refractivity contribution is 0.568. The molecule has 0 saturated carbocycles. The van der Waals surface area contributed by atoms with Gasteiger partial charge < -0.3 is 9.40 Å². The fourth-order valence-corrected chi connectivity index (χ4v) is 3.96. The molecule has 2 N–H and O–H groups in total. The molecular formula is C24H17N5O. The number of nitrogens with zero attached hydrogens (tertiary/aromatic N) is 3. The van der Waals surface area contributed by atoms with Gasteiger partial charge in [-0.1, -0.05) is 6.07 Å². The lowest BCUT2D eigenvalue weighted by atomic mass is 10.0. The van der Waals surface area contributed by atoms with Crippen molar-refractivity contribution in [2.75, 3.05) is 0 Å². The van der Waals surface area contributed by atoms with Crippen LogP contribution in [0.15, 0.2) is 78.0 Å². The number of furan rings is 1. The first kappa shape index (κ1) is 16.7. The topological polar surface area (TPSA) is 83.4 Å². The van der Waals surface area contributed by atoms with Gasteiger partial charge in [-0.2, -0.15) is 5.10 Å². The van der Waals surface area contributed by atoms with Gasteiger partial charge in [-0.15, -0.1) is 0 Å². The summed E-state index contributed by atoms with van der Waals surface area (Å²) in [6.45, 7) is 2.10. The highest BCUT2D eigenvalue weighted by atomic mass is 16.3. The molecule has 0 unspecified atom stereocenters. The highest BCUT2D eigenvalue weighted by molar-refractivity contribution is 6.00. The molecule has 0 amide bonds. The number of aromatic nitrogens is 5. The maximum Gasteiger partial charge on any atom is 0.116 e. The van der Waals surface area contributed by atoms with Crippen molar-refractivity contribution >= 4 is 21.8 Å². The molecule has 6 rings (SSSR count). The quantitative estimate of drug-likeness (QED) is 0.403. The zero-order chi connectivity index (χ0) is 20.1. The zero-order valence-corrected chi connectivity index (χ0v) is 16.2. The van der Waals surface area contributed by atoms with Crippen LogP contribution in [0.4, 0.5) is 0 Å². The van der Waals surface area contributed by atoms with Gasteiger partial charge in [0.05, 0.1) is 29.4 Å². The van der Waals surface area contributed by atoms with Crippen LogP contribution < -0.4 is 0 Å². The van der Waals surface area contributed by atoms with Crippen LogP contribution in [0, 0.1) is 6.92 Å². The monoisotopic (exact) mass is 391 g/mol. The van der Waals surface area contributed by atoms with E-state index >= 15 is 0 Å². The minimum Gasteiger partial charge on any atom is -0.472 e. The molecule has 144 valence electrons.